The van der Waals surface area contributed by atoms with Crippen LogP contribution in [0.4, 0.5) is 4.39 Å². The Kier molecular flexibility index (Phi) is 3.12. The quantitative estimate of drug-likeness (QED) is 0.669. The van der Waals surface area contributed by atoms with E-state index in [2.05, 4.69) is 20.9 Å². The van der Waals surface area contributed by atoms with Gasteiger partial charge in [0.1, 0.15) is 10.6 Å². The Balaban J connectivity index is 2.38. The van der Waals surface area contributed by atoms with Gasteiger partial charge in [0.2, 0.25) is 0 Å². The largest absolute Gasteiger partial charge is 0.323 e. The molecule has 1 aromatic carbocycles. The van der Waals surface area contributed by atoms with E-state index in [1.807, 2.05) is 5.38 Å². The summed E-state index contributed by atoms with van der Waals surface area (Å²) >= 11 is 9.66. The summed E-state index contributed by atoms with van der Waals surface area (Å²) < 4.78 is 15.5. The van der Waals surface area contributed by atoms with Gasteiger partial charge in [-0.1, -0.05) is 0 Å². The third-order valence-corrected chi connectivity index (χ3v) is 4.44. The van der Waals surface area contributed by atoms with Gasteiger partial charge in [0.05, 0.1) is 15.5 Å². The topological polar surface area (TPSA) is 37.8 Å². The van der Waals surface area contributed by atoms with E-state index in [1.165, 1.54) is 22.0 Å². The summed E-state index contributed by atoms with van der Waals surface area (Å²) in [7, 11) is 0. The molecule has 1 N–H and O–H groups in total. The molecule has 7 heteroatoms. The molecule has 0 atom stereocenters. The lowest BCUT2D eigenvalue weighted by Crippen LogP contribution is -2.19. The van der Waals surface area contributed by atoms with E-state index in [0.29, 0.717) is 15.5 Å². The first-order valence-corrected chi connectivity index (χ1v) is 7.34. The lowest BCUT2D eigenvalue weighted by Gasteiger charge is -2.07. The van der Waals surface area contributed by atoms with E-state index < -0.39 is 5.82 Å². The van der Waals surface area contributed by atoms with Crippen LogP contribution in [0.25, 0.3) is 15.9 Å². The van der Waals surface area contributed by atoms with Crippen molar-refractivity contribution in [3.05, 3.63) is 55.1 Å². The number of fused-ring (bicyclic) bond motifs is 1. The highest BCUT2D eigenvalue weighted by molar-refractivity contribution is 9.10. The number of nitrogens with one attached hydrogen (secondary N) is 1. The van der Waals surface area contributed by atoms with Gasteiger partial charge in [-0.3, -0.25) is 9.36 Å². The van der Waals surface area contributed by atoms with Crippen LogP contribution in [0.15, 0.2) is 38.9 Å². The maximum absolute atomic E-state index is 13.6. The normalized spacial score (nSPS) is 11.1. The van der Waals surface area contributed by atoms with Crippen LogP contribution in [0.1, 0.15) is 0 Å². The third kappa shape index (κ3) is 2.07. The average molecular weight is 357 g/mol. The van der Waals surface area contributed by atoms with Crippen LogP contribution in [0, 0.1) is 10.6 Å². The van der Waals surface area contributed by atoms with Crippen molar-refractivity contribution in [2.45, 2.75) is 0 Å². The Morgan fingerprint density at radius 2 is 2.16 bits per heavy atom. The molecule has 19 heavy (non-hydrogen) atoms. The number of halogens is 2. The van der Waals surface area contributed by atoms with E-state index >= 15 is 0 Å². The molecule has 0 saturated heterocycles. The van der Waals surface area contributed by atoms with E-state index in [4.69, 9.17) is 12.2 Å². The molecule has 2 aromatic heterocycles. The van der Waals surface area contributed by atoms with Crippen molar-refractivity contribution in [2.75, 3.05) is 0 Å². The van der Waals surface area contributed by atoms with Crippen molar-refractivity contribution < 1.29 is 4.39 Å². The van der Waals surface area contributed by atoms with Gasteiger partial charge in [0.25, 0.3) is 5.56 Å². The highest BCUT2D eigenvalue weighted by Crippen LogP contribution is 2.20. The molecular weight excluding hydrogens is 351 g/mol. The van der Waals surface area contributed by atoms with Gasteiger partial charge >= 0.3 is 0 Å². The molecule has 2 heterocycles. The van der Waals surface area contributed by atoms with Crippen LogP contribution in [0.3, 0.4) is 0 Å². The van der Waals surface area contributed by atoms with E-state index in [-0.39, 0.29) is 10.3 Å². The molecule has 0 saturated carbocycles. The van der Waals surface area contributed by atoms with Crippen LogP contribution >= 0.6 is 39.5 Å². The summed E-state index contributed by atoms with van der Waals surface area (Å²) in [6.07, 6.45) is 0. The second-order valence-electron chi connectivity index (χ2n) is 3.83. The molecule has 0 unspecified atom stereocenters. The number of H-pyrrole nitrogens is 1. The summed E-state index contributed by atoms with van der Waals surface area (Å²) in [6.45, 7) is 0. The second-order valence-corrected chi connectivity index (χ2v) is 5.99. The standard InChI is InChI=1S/C12H6BrFN2OS2/c13-8-2-1-6(5-9(8)14)16-11(17)7-3-4-19-10(7)15-12(16)18/h1-5H,(H,15,18). The highest BCUT2D eigenvalue weighted by atomic mass is 79.9. The molecule has 0 aliphatic carbocycles. The van der Waals surface area contributed by atoms with Crippen LogP contribution < -0.4 is 5.56 Å². The number of benzene rings is 1. The van der Waals surface area contributed by atoms with E-state index in [1.54, 1.807) is 18.2 Å². The monoisotopic (exact) mass is 356 g/mol. The van der Waals surface area contributed by atoms with Crippen molar-refractivity contribution in [3.8, 4) is 5.69 Å². The van der Waals surface area contributed by atoms with Gasteiger partial charge in [-0.15, -0.1) is 11.3 Å². The predicted octanol–water partition coefficient (Wildman–Crippen LogP) is 4.01. The Morgan fingerprint density at radius 3 is 2.89 bits per heavy atom. The lowest BCUT2D eigenvalue weighted by molar-refractivity contribution is 0.619. The summed E-state index contributed by atoms with van der Waals surface area (Å²) in [5.41, 5.74) is 0.154. The number of hydrogen-bond acceptors (Lipinski definition) is 3. The Labute approximate surface area is 124 Å². The maximum atomic E-state index is 13.6. The summed E-state index contributed by atoms with van der Waals surface area (Å²) in [6, 6.07) is 6.17. The minimum atomic E-state index is -0.441. The molecular formula is C12H6BrFN2OS2. The van der Waals surface area contributed by atoms with Gasteiger partial charge in [-0.25, -0.2) is 4.39 Å². The fourth-order valence-electron chi connectivity index (χ4n) is 1.80. The summed E-state index contributed by atoms with van der Waals surface area (Å²) in [4.78, 5) is 16.1. The third-order valence-electron chi connectivity index (χ3n) is 2.68. The van der Waals surface area contributed by atoms with E-state index in [0.717, 1.165) is 4.83 Å². The smallest absolute Gasteiger partial charge is 0.267 e. The second kappa shape index (κ2) is 4.66. The summed E-state index contributed by atoms with van der Waals surface area (Å²) in [5.74, 6) is -0.441. The van der Waals surface area contributed by atoms with Crippen LogP contribution in [0.5, 0.6) is 0 Å². The molecule has 0 aliphatic heterocycles. The number of thiophene rings is 1. The fourth-order valence-corrected chi connectivity index (χ4v) is 3.18. The van der Waals surface area contributed by atoms with Gasteiger partial charge in [0.15, 0.2) is 4.77 Å². The zero-order valence-corrected chi connectivity index (χ0v) is 12.5. The van der Waals surface area contributed by atoms with Crippen molar-refractivity contribution in [1.29, 1.82) is 0 Å². The first kappa shape index (κ1) is 12.7. The molecule has 0 radical (unpaired) electrons. The number of hydrogen-bond donors (Lipinski definition) is 1. The molecule has 0 bridgehead atoms. The molecule has 3 aromatic rings. The Hall–Kier alpha value is -1.31. The van der Waals surface area contributed by atoms with Crippen LogP contribution in [-0.2, 0) is 0 Å². The fraction of sp³-hybridized carbons (Fsp3) is 0. The number of nitrogens with zero attached hydrogens (tertiary/aromatic N) is 1. The zero-order valence-electron chi connectivity index (χ0n) is 9.31. The molecule has 0 fully saturated rings. The highest BCUT2D eigenvalue weighted by Gasteiger charge is 2.10. The summed E-state index contributed by atoms with van der Waals surface area (Å²) in [5, 5.41) is 2.35. The molecule has 96 valence electrons. The van der Waals surface area contributed by atoms with Crippen molar-refractivity contribution in [3.63, 3.8) is 0 Å². The number of rotatable bonds is 1. The molecule has 0 amide bonds. The molecule has 0 spiro atoms. The minimum Gasteiger partial charge on any atom is -0.323 e. The van der Waals surface area contributed by atoms with Gasteiger partial charge < -0.3 is 4.98 Å². The van der Waals surface area contributed by atoms with Crippen molar-refractivity contribution >= 4 is 49.7 Å². The SMILES string of the molecule is O=c1c2ccsc2[nH]c(=S)n1-c1ccc(Br)c(F)c1. The molecule has 3 nitrogen and oxygen atoms in total. The van der Waals surface area contributed by atoms with Crippen molar-refractivity contribution in [2.24, 2.45) is 0 Å². The molecule has 0 aliphatic rings. The maximum Gasteiger partial charge on any atom is 0.267 e. The minimum absolute atomic E-state index is 0.248. The Bertz CT molecular complexity index is 897. The zero-order chi connectivity index (χ0) is 13.6. The van der Waals surface area contributed by atoms with Gasteiger partial charge in [-0.05, 0) is 57.8 Å². The number of aromatic nitrogens is 2. The van der Waals surface area contributed by atoms with Crippen LogP contribution in [-0.4, -0.2) is 9.55 Å². The first-order chi connectivity index (χ1) is 9.08. The predicted molar refractivity (Wildman–Crippen MR) is 80.3 cm³/mol. The Morgan fingerprint density at radius 1 is 1.37 bits per heavy atom. The van der Waals surface area contributed by atoms with E-state index in [9.17, 15) is 9.18 Å². The molecule has 3 rings (SSSR count). The number of aromatic amines is 1. The van der Waals surface area contributed by atoms with Crippen molar-refractivity contribution in [1.82, 2.24) is 9.55 Å². The lowest BCUT2D eigenvalue weighted by atomic mass is 10.3. The van der Waals surface area contributed by atoms with Gasteiger partial charge in [0, 0.05) is 0 Å². The van der Waals surface area contributed by atoms with Gasteiger partial charge in [-0.2, -0.15) is 0 Å². The average Bonchev–Trinajstić information content (AvgIpc) is 2.82. The first-order valence-electron chi connectivity index (χ1n) is 5.26. The van der Waals surface area contributed by atoms with Crippen LogP contribution in [0.2, 0.25) is 0 Å².